The average Bonchev–Trinajstić information content (AvgIpc) is 2.78. The summed E-state index contributed by atoms with van der Waals surface area (Å²) in [6.45, 7) is 11.8. The molecule has 0 radical (unpaired) electrons. The number of hydrogen-bond donors (Lipinski definition) is 3. The molecule has 0 spiro atoms. The third-order valence-electron chi connectivity index (χ3n) is 3.48. The predicted octanol–water partition coefficient (Wildman–Crippen LogP) is 1.81. The molecule has 1 aliphatic heterocycles. The van der Waals surface area contributed by atoms with E-state index in [1.165, 1.54) is 0 Å². The normalized spacial score (nSPS) is 18.5. The molecule has 6 nitrogen and oxygen atoms in total. The van der Waals surface area contributed by atoms with Crippen LogP contribution in [0.4, 0.5) is 11.6 Å². The molecular weight excluding hydrogens is 266 g/mol. The van der Waals surface area contributed by atoms with E-state index in [2.05, 4.69) is 46.7 Å². The van der Waals surface area contributed by atoms with Crippen LogP contribution in [0.25, 0.3) is 0 Å². The highest BCUT2D eigenvalue weighted by Crippen LogP contribution is 2.27. The van der Waals surface area contributed by atoms with E-state index in [1.807, 2.05) is 13.8 Å². The van der Waals surface area contributed by atoms with Gasteiger partial charge in [0.15, 0.2) is 0 Å². The van der Waals surface area contributed by atoms with Crippen LogP contribution in [-0.2, 0) is 10.2 Å². The summed E-state index contributed by atoms with van der Waals surface area (Å²) in [4.78, 5) is 20.6. The van der Waals surface area contributed by atoms with Crippen LogP contribution >= 0.6 is 0 Å². The first-order valence-corrected chi connectivity index (χ1v) is 7.47. The van der Waals surface area contributed by atoms with E-state index in [9.17, 15) is 4.79 Å². The van der Waals surface area contributed by atoms with E-state index in [0.29, 0.717) is 13.0 Å². The van der Waals surface area contributed by atoms with E-state index in [-0.39, 0.29) is 17.4 Å². The molecule has 3 N–H and O–H groups in total. The Hall–Kier alpha value is -1.85. The summed E-state index contributed by atoms with van der Waals surface area (Å²) < 4.78 is 0. The largest absolute Gasteiger partial charge is 0.370 e. The molecule has 0 aromatic carbocycles. The van der Waals surface area contributed by atoms with Crippen LogP contribution in [0.15, 0.2) is 0 Å². The van der Waals surface area contributed by atoms with Crippen molar-refractivity contribution in [3.63, 3.8) is 0 Å². The second kappa shape index (κ2) is 5.87. The molecule has 6 heteroatoms. The summed E-state index contributed by atoms with van der Waals surface area (Å²) in [5, 5.41) is 9.50. The van der Waals surface area contributed by atoms with Gasteiger partial charge in [-0.1, -0.05) is 20.8 Å². The fourth-order valence-corrected chi connectivity index (χ4v) is 2.23. The lowest BCUT2D eigenvalue weighted by atomic mass is 9.95. The Morgan fingerprint density at radius 2 is 1.95 bits per heavy atom. The van der Waals surface area contributed by atoms with Gasteiger partial charge in [-0.15, -0.1) is 0 Å². The highest BCUT2D eigenvalue weighted by atomic mass is 16.1. The van der Waals surface area contributed by atoms with Crippen molar-refractivity contribution in [3.05, 3.63) is 11.4 Å². The fourth-order valence-electron chi connectivity index (χ4n) is 2.23. The summed E-state index contributed by atoms with van der Waals surface area (Å²) >= 11 is 0. The Bertz CT molecular complexity index is 536. The minimum atomic E-state index is -0.127. The van der Waals surface area contributed by atoms with Gasteiger partial charge >= 0.3 is 0 Å². The fraction of sp³-hybridized carbons (Fsp3) is 0.667. The maximum Gasteiger partial charge on any atom is 0.222 e. The van der Waals surface area contributed by atoms with Crippen LogP contribution in [-0.4, -0.2) is 35.0 Å². The van der Waals surface area contributed by atoms with E-state index in [4.69, 9.17) is 0 Å². The van der Waals surface area contributed by atoms with Crippen molar-refractivity contribution in [2.45, 2.75) is 52.5 Å². The lowest BCUT2D eigenvalue weighted by molar-refractivity contribution is -0.119. The molecule has 1 aromatic rings. The number of hydrogen-bond acceptors (Lipinski definition) is 5. The molecule has 1 saturated heterocycles. The number of carbonyl (C=O) groups is 1. The Balaban J connectivity index is 2.33. The summed E-state index contributed by atoms with van der Waals surface area (Å²) in [6, 6.07) is 0.0911. The Labute approximate surface area is 126 Å². The zero-order valence-electron chi connectivity index (χ0n) is 13.5. The summed E-state index contributed by atoms with van der Waals surface area (Å²) in [7, 11) is 0. The van der Waals surface area contributed by atoms with Crippen LogP contribution in [0.5, 0.6) is 0 Å². The lowest BCUT2D eigenvalue weighted by Gasteiger charge is -2.22. The van der Waals surface area contributed by atoms with Gasteiger partial charge < -0.3 is 16.0 Å². The van der Waals surface area contributed by atoms with Gasteiger partial charge in [-0.25, -0.2) is 9.97 Å². The molecule has 1 fully saturated rings. The van der Waals surface area contributed by atoms with Crippen molar-refractivity contribution in [2.24, 2.45) is 0 Å². The standard InChI is InChI=1S/C15H25N5O/c1-6-16-12-9(2)13(18-10-7-11(21)17-8-10)20-14(19-12)15(3,4)5/h10H,6-8H2,1-5H3,(H,17,21)(H2,16,18,19,20). The smallest absolute Gasteiger partial charge is 0.222 e. The predicted molar refractivity (Wildman–Crippen MR) is 84.7 cm³/mol. The summed E-state index contributed by atoms with van der Waals surface area (Å²) in [5.41, 5.74) is 0.863. The van der Waals surface area contributed by atoms with E-state index in [0.717, 1.165) is 29.6 Å². The molecule has 1 amide bonds. The number of rotatable bonds is 4. The zero-order chi connectivity index (χ0) is 15.6. The molecular formula is C15H25N5O. The summed E-state index contributed by atoms with van der Waals surface area (Å²) in [6.07, 6.45) is 0.491. The molecule has 0 aliphatic carbocycles. The molecule has 21 heavy (non-hydrogen) atoms. The molecule has 1 unspecified atom stereocenters. The first-order chi connectivity index (χ1) is 9.81. The number of aromatic nitrogens is 2. The Morgan fingerprint density at radius 3 is 2.48 bits per heavy atom. The van der Waals surface area contributed by atoms with Crippen molar-refractivity contribution < 1.29 is 4.79 Å². The van der Waals surface area contributed by atoms with Crippen molar-refractivity contribution >= 4 is 17.5 Å². The topological polar surface area (TPSA) is 78.9 Å². The molecule has 1 atom stereocenters. The molecule has 1 aromatic heterocycles. The highest BCUT2D eigenvalue weighted by Gasteiger charge is 2.25. The van der Waals surface area contributed by atoms with E-state index >= 15 is 0 Å². The molecule has 2 rings (SSSR count). The van der Waals surface area contributed by atoms with E-state index < -0.39 is 0 Å². The van der Waals surface area contributed by atoms with Crippen molar-refractivity contribution in [1.82, 2.24) is 15.3 Å². The zero-order valence-corrected chi connectivity index (χ0v) is 13.5. The maximum atomic E-state index is 11.3. The van der Waals surface area contributed by atoms with Crippen LogP contribution in [0.1, 0.15) is 45.5 Å². The minimum Gasteiger partial charge on any atom is -0.370 e. The Kier molecular flexibility index (Phi) is 4.34. The minimum absolute atomic E-state index is 0.0853. The van der Waals surface area contributed by atoms with Gasteiger partial charge in [0.2, 0.25) is 5.91 Å². The van der Waals surface area contributed by atoms with E-state index in [1.54, 1.807) is 0 Å². The molecule has 2 heterocycles. The maximum absolute atomic E-state index is 11.3. The quantitative estimate of drug-likeness (QED) is 0.788. The highest BCUT2D eigenvalue weighted by molar-refractivity contribution is 5.79. The van der Waals surface area contributed by atoms with Gasteiger partial charge in [0.05, 0.1) is 6.04 Å². The first kappa shape index (κ1) is 15.5. The van der Waals surface area contributed by atoms with Crippen LogP contribution in [0, 0.1) is 6.92 Å². The molecule has 0 bridgehead atoms. The number of nitrogens with zero attached hydrogens (tertiary/aromatic N) is 2. The molecule has 1 aliphatic rings. The number of anilines is 2. The van der Waals surface area contributed by atoms with Crippen molar-refractivity contribution in [2.75, 3.05) is 23.7 Å². The molecule has 116 valence electrons. The van der Waals surface area contributed by atoms with Gasteiger partial charge in [0.25, 0.3) is 0 Å². The van der Waals surface area contributed by atoms with Gasteiger partial charge in [-0.3, -0.25) is 4.79 Å². The number of nitrogens with one attached hydrogen (secondary N) is 3. The molecule has 0 saturated carbocycles. The van der Waals surface area contributed by atoms with Crippen molar-refractivity contribution in [3.8, 4) is 0 Å². The van der Waals surface area contributed by atoms with Crippen molar-refractivity contribution in [1.29, 1.82) is 0 Å². The van der Waals surface area contributed by atoms with Gasteiger partial charge in [-0.05, 0) is 13.8 Å². The third kappa shape index (κ3) is 3.62. The third-order valence-corrected chi connectivity index (χ3v) is 3.48. The SMILES string of the molecule is CCNc1nc(C(C)(C)C)nc(NC2CNC(=O)C2)c1C. The van der Waals surface area contributed by atoms with Crippen LogP contribution in [0.2, 0.25) is 0 Å². The second-order valence-electron chi connectivity index (χ2n) is 6.50. The van der Waals surface area contributed by atoms with Gasteiger partial charge in [0.1, 0.15) is 17.5 Å². The Morgan fingerprint density at radius 1 is 1.29 bits per heavy atom. The van der Waals surface area contributed by atoms with Gasteiger partial charge in [-0.2, -0.15) is 0 Å². The lowest BCUT2D eigenvalue weighted by Crippen LogP contribution is -2.26. The number of carbonyl (C=O) groups excluding carboxylic acids is 1. The first-order valence-electron chi connectivity index (χ1n) is 7.47. The summed E-state index contributed by atoms with van der Waals surface area (Å²) in [5.74, 6) is 2.55. The number of amides is 1. The monoisotopic (exact) mass is 291 g/mol. The van der Waals surface area contributed by atoms with Crippen LogP contribution in [0.3, 0.4) is 0 Å². The van der Waals surface area contributed by atoms with Crippen LogP contribution < -0.4 is 16.0 Å². The van der Waals surface area contributed by atoms with Gasteiger partial charge in [0, 0.05) is 30.5 Å². The second-order valence-corrected chi connectivity index (χ2v) is 6.50. The average molecular weight is 291 g/mol.